The number of halogens is 1. The molecule has 0 spiro atoms. The third-order valence-corrected chi connectivity index (χ3v) is 8.19. The molecule has 40 heavy (non-hydrogen) atoms. The number of aryl methyl sites for hydroxylation is 1. The van der Waals surface area contributed by atoms with Crippen LogP contribution in [0.1, 0.15) is 43.8 Å². The van der Waals surface area contributed by atoms with E-state index >= 15 is 0 Å². The molecule has 6 nitrogen and oxygen atoms in total. The van der Waals surface area contributed by atoms with Gasteiger partial charge in [0.2, 0.25) is 5.78 Å². The van der Waals surface area contributed by atoms with Crippen molar-refractivity contribution in [3.05, 3.63) is 106 Å². The van der Waals surface area contributed by atoms with Crippen LogP contribution >= 0.6 is 23.4 Å². The Morgan fingerprint density at radius 1 is 0.800 bits per heavy atom. The first-order valence-electron chi connectivity index (χ1n) is 12.9. The van der Waals surface area contributed by atoms with E-state index in [0.717, 1.165) is 24.5 Å². The number of benzene rings is 4. The van der Waals surface area contributed by atoms with Gasteiger partial charge in [-0.05, 0) is 88.1 Å². The van der Waals surface area contributed by atoms with Gasteiger partial charge in [0.05, 0.1) is 22.5 Å². The van der Waals surface area contributed by atoms with Crippen molar-refractivity contribution in [3.8, 4) is 11.5 Å². The summed E-state index contributed by atoms with van der Waals surface area (Å²) in [5, 5.41) is 20.4. The number of rotatable bonds is 4. The summed E-state index contributed by atoms with van der Waals surface area (Å²) in [6.45, 7) is 3.82. The van der Waals surface area contributed by atoms with Gasteiger partial charge < -0.3 is 20.0 Å². The van der Waals surface area contributed by atoms with Gasteiger partial charge in [0.25, 0.3) is 0 Å². The van der Waals surface area contributed by atoms with E-state index in [2.05, 4.69) is 60.3 Å². The molecule has 1 aliphatic carbocycles. The van der Waals surface area contributed by atoms with Gasteiger partial charge in [-0.15, -0.1) is 0 Å². The highest BCUT2D eigenvalue weighted by Gasteiger charge is 2.34. The number of fused-ring (bicyclic) bond motifs is 4. The van der Waals surface area contributed by atoms with Gasteiger partial charge in [-0.1, -0.05) is 47.6 Å². The first-order valence-corrected chi connectivity index (χ1v) is 14.1. The summed E-state index contributed by atoms with van der Waals surface area (Å²) in [5.74, 6) is -1.37. The van der Waals surface area contributed by atoms with Crippen molar-refractivity contribution >= 4 is 46.3 Å². The molecule has 4 aromatic carbocycles. The molecule has 1 heterocycles. The molecule has 4 aromatic rings. The van der Waals surface area contributed by atoms with E-state index in [1.807, 2.05) is 17.8 Å². The van der Waals surface area contributed by atoms with Crippen molar-refractivity contribution in [3.63, 3.8) is 0 Å². The highest BCUT2D eigenvalue weighted by molar-refractivity contribution is 7.99. The lowest BCUT2D eigenvalue weighted by Gasteiger charge is -2.33. The van der Waals surface area contributed by atoms with Crippen LogP contribution in [-0.2, 0) is 0 Å². The molecule has 8 heteroatoms. The summed E-state index contributed by atoms with van der Waals surface area (Å²) >= 11 is 8.03. The summed E-state index contributed by atoms with van der Waals surface area (Å²) in [7, 11) is 4.23. The summed E-state index contributed by atoms with van der Waals surface area (Å²) in [6, 6.07) is 22.1. The molecule has 0 aromatic heterocycles. The first kappa shape index (κ1) is 27.8. The summed E-state index contributed by atoms with van der Waals surface area (Å²) < 4.78 is 0. The molecule has 0 atom stereocenters. The zero-order valence-corrected chi connectivity index (χ0v) is 24.0. The fourth-order valence-corrected chi connectivity index (χ4v) is 6.25. The Bertz CT molecular complexity index is 1640. The van der Waals surface area contributed by atoms with Crippen LogP contribution in [0.5, 0.6) is 11.5 Å². The Morgan fingerprint density at radius 2 is 1.52 bits per heavy atom. The van der Waals surface area contributed by atoms with Crippen LogP contribution in [0.15, 0.2) is 82.6 Å². The van der Waals surface area contributed by atoms with E-state index in [-0.39, 0.29) is 39.5 Å². The Labute approximate surface area is 242 Å². The standard InChI is InChI=1S/C17H19ClN2S.C15H10O4/c1-19(2)10-5-11-20-14-6-3-4-7-16(14)21-17-9-8-13(18)12-15(17)20;1-7-5-9-13(11(17)6-7)15(19)12-8(14(9)18)3-2-4-10(12)16/h3-4,6-9,12H,5,10-11H2,1-2H3;2-6,16-17H,1H3. The number of anilines is 2. The SMILES string of the molecule is CN(C)CCCN1c2ccccc2Sc2ccc(Cl)cc21.Cc1cc(O)c2c(c1)C(=O)c1cccc(O)c1C2=O. The maximum atomic E-state index is 12.3. The molecule has 0 bridgehead atoms. The second kappa shape index (κ2) is 11.4. The third kappa shape index (κ3) is 5.32. The van der Waals surface area contributed by atoms with Gasteiger partial charge in [-0.3, -0.25) is 9.59 Å². The van der Waals surface area contributed by atoms with Crippen LogP contribution in [0.3, 0.4) is 0 Å². The molecule has 204 valence electrons. The molecular weight excluding hydrogens is 544 g/mol. The van der Waals surface area contributed by atoms with Crippen LogP contribution in [0.25, 0.3) is 0 Å². The maximum Gasteiger partial charge on any atom is 0.201 e. The van der Waals surface area contributed by atoms with E-state index in [9.17, 15) is 19.8 Å². The van der Waals surface area contributed by atoms with Crippen molar-refractivity contribution in [2.45, 2.75) is 23.1 Å². The van der Waals surface area contributed by atoms with Crippen molar-refractivity contribution in [2.24, 2.45) is 0 Å². The molecule has 0 radical (unpaired) electrons. The third-order valence-electron chi connectivity index (χ3n) is 6.82. The van der Waals surface area contributed by atoms with Crippen molar-refractivity contribution in [2.75, 3.05) is 32.1 Å². The van der Waals surface area contributed by atoms with Crippen LogP contribution in [0, 0.1) is 6.92 Å². The van der Waals surface area contributed by atoms with Gasteiger partial charge >= 0.3 is 0 Å². The Kier molecular flexibility index (Phi) is 7.90. The summed E-state index contributed by atoms with van der Waals surface area (Å²) in [6.07, 6.45) is 1.12. The van der Waals surface area contributed by atoms with Crippen LogP contribution < -0.4 is 4.90 Å². The predicted octanol–water partition coefficient (Wildman–Crippen LogP) is 7.08. The minimum atomic E-state index is -0.528. The lowest BCUT2D eigenvalue weighted by molar-refractivity contribution is 0.0974. The van der Waals surface area contributed by atoms with Crippen molar-refractivity contribution < 1.29 is 19.8 Å². The second-order valence-electron chi connectivity index (χ2n) is 10.1. The molecular formula is C32H29ClN2O4S. The molecule has 0 saturated heterocycles. The minimum Gasteiger partial charge on any atom is -0.507 e. The Balaban J connectivity index is 0.000000162. The summed E-state index contributed by atoms with van der Waals surface area (Å²) in [5.41, 5.74) is 3.48. The van der Waals surface area contributed by atoms with Gasteiger partial charge in [-0.2, -0.15) is 0 Å². The average molecular weight is 573 g/mol. The number of phenols is 2. The quantitative estimate of drug-likeness (QED) is 0.238. The second-order valence-corrected chi connectivity index (χ2v) is 11.6. The van der Waals surface area contributed by atoms with E-state index in [4.69, 9.17) is 11.6 Å². The molecule has 0 amide bonds. The van der Waals surface area contributed by atoms with E-state index in [1.165, 1.54) is 45.4 Å². The normalized spacial score (nSPS) is 13.2. The number of hydrogen-bond acceptors (Lipinski definition) is 7. The monoisotopic (exact) mass is 572 g/mol. The molecule has 0 fully saturated rings. The molecule has 1 aliphatic heterocycles. The molecule has 6 rings (SSSR count). The first-order chi connectivity index (χ1) is 19.2. The van der Waals surface area contributed by atoms with Crippen LogP contribution in [-0.4, -0.2) is 53.9 Å². The highest BCUT2D eigenvalue weighted by Crippen LogP contribution is 2.48. The number of para-hydroxylation sites is 1. The van der Waals surface area contributed by atoms with Crippen LogP contribution in [0.4, 0.5) is 11.4 Å². The van der Waals surface area contributed by atoms with Crippen molar-refractivity contribution in [1.82, 2.24) is 4.90 Å². The number of phenolic OH excluding ortho intramolecular Hbond substituents is 2. The predicted molar refractivity (Wildman–Crippen MR) is 160 cm³/mol. The number of carbonyl (C=O) groups is 2. The topological polar surface area (TPSA) is 81.1 Å². The Morgan fingerprint density at radius 3 is 2.30 bits per heavy atom. The molecule has 2 N–H and O–H groups in total. The smallest absolute Gasteiger partial charge is 0.201 e. The fourth-order valence-electron chi connectivity index (χ4n) is 5.01. The van der Waals surface area contributed by atoms with E-state index in [1.54, 1.807) is 13.0 Å². The largest absolute Gasteiger partial charge is 0.507 e. The number of carbonyl (C=O) groups excluding carboxylic acids is 2. The molecule has 0 unspecified atom stereocenters. The minimum absolute atomic E-state index is 0.0374. The van der Waals surface area contributed by atoms with Gasteiger partial charge in [0, 0.05) is 32.5 Å². The lowest BCUT2D eigenvalue weighted by Crippen LogP contribution is -2.25. The maximum absolute atomic E-state index is 12.3. The number of hydrogen-bond donors (Lipinski definition) is 2. The Hall–Kier alpha value is -3.78. The van der Waals surface area contributed by atoms with Gasteiger partial charge in [0.1, 0.15) is 11.5 Å². The zero-order valence-electron chi connectivity index (χ0n) is 22.4. The number of nitrogens with zero attached hydrogens (tertiary/aromatic N) is 2. The fraction of sp³-hybridized carbons (Fsp3) is 0.188. The highest BCUT2D eigenvalue weighted by atomic mass is 35.5. The van der Waals surface area contributed by atoms with E-state index < -0.39 is 5.78 Å². The van der Waals surface area contributed by atoms with Crippen LogP contribution in [0.2, 0.25) is 5.02 Å². The molecule has 0 saturated carbocycles. The average Bonchev–Trinajstić information content (AvgIpc) is 2.91. The van der Waals surface area contributed by atoms with Gasteiger partial charge in [-0.25, -0.2) is 0 Å². The number of aromatic hydroxyl groups is 2. The number of ketones is 2. The van der Waals surface area contributed by atoms with Crippen molar-refractivity contribution in [1.29, 1.82) is 0 Å². The summed E-state index contributed by atoms with van der Waals surface area (Å²) in [4.78, 5) is 31.9. The van der Waals surface area contributed by atoms with E-state index in [0.29, 0.717) is 5.56 Å². The molecule has 2 aliphatic rings. The van der Waals surface area contributed by atoms with Gasteiger partial charge in [0.15, 0.2) is 5.78 Å². The lowest BCUT2D eigenvalue weighted by atomic mass is 9.82. The zero-order chi connectivity index (χ0) is 28.6.